The number of rotatable bonds is 3. The monoisotopic (exact) mass is 302 g/mol. The molecule has 3 rings (SSSR count). The Labute approximate surface area is 130 Å². The molecule has 0 unspecified atom stereocenters. The molecule has 0 saturated carbocycles. The fourth-order valence-corrected chi connectivity index (χ4v) is 2.51. The van der Waals surface area contributed by atoms with Crippen LogP contribution in [0.4, 0.5) is 4.79 Å². The number of nitrogens with zero attached hydrogens (tertiary/aromatic N) is 1. The van der Waals surface area contributed by atoms with Crippen molar-refractivity contribution in [2.75, 3.05) is 13.1 Å². The number of hydrogen-bond donors (Lipinski definition) is 1. The van der Waals surface area contributed by atoms with E-state index < -0.39 is 5.60 Å². The summed E-state index contributed by atoms with van der Waals surface area (Å²) in [6.07, 6.45) is 1.56. The quantitative estimate of drug-likeness (QED) is 0.946. The van der Waals surface area contributed by atoms with E-state index >= 15 is 0 Å². The number of fused-ring (bicyclic) bond motifs is 1. The van der Waals surface area contributed by atoms with Crippen LogP contribution in [0.3, 0.4) is 0 Å². The summed E-state index contributed by atoms with van der Waals surface area (Å²) in [6, 6.07) is 8.31. The highest BCUT2D eigenvalue weighted by atomic mass is 16.6. The molecular formula is C17H22N2O3. The molecule has 2 aromatic rings. The van der Waals surface area contributed by atoms with E-state index in [2.05, 4.69) is 11.4 Å². The van der Waals surface area contributed by atoms with Gasteiger partial charge in [0.15, 0.2) is 0 Å². The van der Waals surface area contributed by atoms with Gasteiger partial charge in [-0.2, -0.15) is 0 Å². The minimum atomic E-state index is -0.439. The van der Waals surface area contributed by atoms with Crippen molar-refractivity contribution in [3.63, 3.8) is 0 Å². The first-order valence-electron chi connectivity index (χ1n) is 7.59. The molecule has 1 aromatic carbocycles. The summed E-state index contributed by atoms with van der Waals surface area (Å²) >= 11 is 0. The molecule has 1 amide bonds. The lowest BCUT2D eigenvalue weighted by atomic mass is 10.1. The molecule has 0 spiro atoms. The highest BCUT2D eigenvalue weighted by Crippen LogP contribution is 2.21. The molecule has 0 bridgehead atoms. The van der Waals surface area contributed by atoms with Gasteiger partial charge in [-0.15, -0.1) is 0 Å². The van der Waals surface area contributed by atoms with Crippen molar-refractivity contribution in [3.05, 3.63) is 36.1 Å². The Kier molecular flexibility index (Phi) is 3.83. The molecule has 118 valence electrons. The Bertz CT molecular complexity index is 666. The van der Waals surface area contributed by atoms with Crippen LogP contribution in [0, 0.1) is 0 Å². The summed E-state index contributed by atoms with van der Waals surface area (Å²) < 4.78 is 10.9. The molecule has 1 N–H and O–H groups in total. The summed E-state index contributed by atoms with van der Waals surface area (Å²) in [6.45, 7) is 7.75. The molecular weight excluding hydrogens is 280 g/mol. The van der Waals surface area contributed by atoms with Crippen molar-refractivity contribution in [2.45, 2.75) is 39.0 Å². The maximum absolute atomic E-state index is 11.9. The standard InChI is InChI=1S/C17H22N2O3/c1-17(2,3)22-16(20)19-9-13(10-19)18-8-12-11-21-15-7-5-4-6-14(12)15/h4-7,11,13,18H,8-10H2,1-3H3. The van der Waals surface area contributed by atoms with Gasteiger partial charge in [0.2, 0.25) is 0 Å². The van der Waals surface area contributed by atoms with E-state index in [1.807, 2.05) is 39.0 Å². The Morgan fingerprint density at radius 3 is 2.82 bits per heavy atom. The fourth-order valence-electron chi connectivity index (χ4n) is 2.51. The van der Waals surface area contributed by atoms with Crippen LogP contribution in [0.15, 0.2) is 34.9 Å². The summed E-state index contributed by atoms with van der Waals surface area (Å²) in [5, 5.41) is 4.59. The summed E-state index contributed by atoms with van der Waals surface area (Å²) in [5.74, 6) is 0. The van der Waals surface area contributed by atoms with Gasteiger partial charge in [0.05, 0.1) is 6.26 Å². The summed E-state index contributed by atoms with van der Waals surface area (Å²) in [7, 11) is 0. The second kappa shape index (κ2) is 5.65. The number of carbonyl (C=O) groups excluding carboxylic acids is 1. The molecule has 1 saturated heterocycles. The van der Waals surface area contributed by atoms with Crippen molar-refractivity contribution >= 4 is 17.1 Å². The van der Waals surface area contributed by atoms with Gasteiger partial charge >= 0.3 is 6.09 Å². The SMILES string of the molecule is CC(C)(C)OC(=O)N1CC(NCc2coc3ccccc23)C1. The first kappa shape index (κ1) is 14.9. The van der Waals surface area contributed by atoms with Crippen LogP contribution in [0.2, 0.25) is 0 Å². The van der Waals surface area contributed by atoms with E-state index in [1.54, 1.807) is 11.2 Å². The van der Waals surface area contributed by atoms with Gasteiger partial charge < -0.3 is 19.4 Å². The highest BCUT2D eigenvalue weighted by Gasteiger charge is 2.33. The summed E-state index contributed by atoms with van der Waals surface area (Å²) in [4.78, 5) is 13.6. The first-order chi connectivity index (χ1) is 10.4. The third-order valence-corrected chi connectivity index (χ3v) is 3.68. The van der Waals surface area contributed by atoms with E-state index in [4.69, 9.17) is 9.15 Å². The number of para-hydroxylation sites is 1. The topological polar surface area (TPSA) is 54.7 Å². The molecule has 1 fully saturated rings. The maximum atomic E-state index is 11.9. The molecule has 1 aliphatic heterocycles. The molecule has 0 radical (unpaired) electrons. The predicted molar refractivity (Wildman–Crippen MR) is 84.6 cm³/mol. The number of nitrogens with one attached hydrogen (secondary N) is 1. The largest absolute Gasteiger partial charge is 0.464 e. The van der Waals surface area contributed by atoms with Crippen LogP contribution >= 0.6 is 0 Å². The number of ether oxygens (including phenoxy) is 1. The van der Waals surface area contributed by atoms with Gasteiger partial charge in [-0.05, 0) is 26.8 Å². The smallest absolute Gasteiger partial charge is 0.410 e. The van der Waals surface area contributed by atoms with Gasteiger partial charge in [-0.1, -0.05) is 18.2 Å². The van der Waals surface area contributed by atoms with E-state index in [1.165, 1.54) is 0 Å². The van der Waals surface area contributed by atoms with Crippen molar-refractivity contribution in [3.8, 4) is 0 Å². The molecule has 22 heavy (non-hydrogen) atoms. The van der Waals surface area contributed by atoms with E-state index in [-0.39, 0.29) is 6.09 Å². The molecule has 5 heteroatoms. The van der Waals surface area contributed by atoms with E-state index in [0.717, 1.165) is 23.1 Å². The highest BCUT2D eigenvalue weighted by molar-refractivity contribution is 5.80. The van der Waals surface area contributed by atoms with Crippen molar-refractivity contribution in [2.24, 2.45) is 0 Å². The van der Waals surface area contributed by atoms with Crippen LogP contribution in [0.25, 0.3) is 11.0 Å². The Morgan fingerprint density at radius 1 is 1.36 bits per heavy atom. The zero-order chi connectivity index (χ0) is 15.7. The zero-order valence-electron chi connectivity index (χ0n) is 13.3. The maximum Gasteiger partial charge on any atom is 0.410 e. The van der Waals surface area contributed by atoms with Gasteiger partial charge in [-0.3, -0.25) is 0 Å². The number of carbonyl (C=O) groups is 1. The van der Waals surface area contributed by atoms with Crippen molar-refractivity contribution in [1.29, 1.82) is 0 Å². The molecule has 0 atom stereocenters. The lowest BCUT2D eigenvalue weighted by Gasteiger charge is -2.40. The predicted octanol–water partition coefficient (Wildman–Crippen LogP) is 3.14. The molecule has 5 nitrogen and oxygen atoms in total. The molecule has 1 aliphatic rings. The Morgan fingerprint density at radius 2 is 2.09 bits per heavy atom. The second-order valence-corrected chi connectivity index (χ2v) is 6.72. The van der Waals surface area contributed by atoms with Gasteiger partial charge in [-0.25, -0.2) is 4.79 Å². The van der Waals surface area contributed by atoms with Crippen LogP contribution in [-0.2, 0) is 11.3 Å². The van der Waals surface area contributed by atoms with Crippen LogP contribution in [0.5, 0.6) is 0 Å². The second-order valence-electron chi connectivity index (χ2n) is 6.72. The third kappa shape index (κ3) is 3.25. The Balaban J connectivity index is 1.48. The van der Waals surface area contributed by atoms with E-state index in [0.29, 0.717) is 19.1 Å². The molecule has 0 aliphatic carbocycles. The summed E-state index contributed by atoms with van der Waals surface area (Å²) in [5.41, 5.74) is 1.61. The van der Waals surface area contributed by atoms with Crippen LogP contribution < -0.4 is 5.32 Å². The third-order valence-electron chi connectivity index (χ3n) is 3.68. The lowest BCUT2D eigenvalue weighted by Crippen LogP contribution is -2.60. The lowest BCUT2D eigenvalue weighted by molar-refractivity contribution is 0.00519. The molecule has 2 heterocycles. The van der Waals surface area contributed by atoms with Gasteiger partial charge in [0.25, 0.3) is 0 Å². The van der Waals surface area contributed by atoms with E-state index in [9.17, 15) is 4.79 Å². The Hall–Kier alpha value is -2.01. The van der Waals surface area contributed by atoms with Gasteiger partial charge in [0.1, 0.15) is 11.2 Å². The van der Waals surface area contributed by atoms with Crippen LogP contribution in [-0.4, -0.2) is 35.7 Å². The first-order valence-corrected chi connectivity index (χ1v) is 7.59. The average molecular weight is 302 g/mol. The minimum Gasteiger partial charge on any atom is -0.464 e. The van der Waals surface area contributed by atoms with Crippen molar-refractivity contribution < 1.29 is 13.9 Å². The number of furan rings is 1. The number of benzene rings is 1. The average Bonchev–Trinajstić information content (AvgIpc) is 2.78. The van der Waals surface area contributed by atoms with Crippen LogP contribution in [0.1, 0.15) is 26.3 Å². The normalized spacial score (nSPS) is 15.9. The number of hydrogen-bond acceptors (Lipinski definition) is 4. The van der Waals surface area contributed by atoms with Crippen molar-refractivity contribution in [1.82, 2.24) is 10.2 Å². The molecule has 1 aromatic heterocycles. The van der Waals surface area contributed by atoms with Gasteiger partial charge in [0, 0.05) is 36.6 Å². The fraction of sp³-hybridized carbons (Fsp3) is 0.471. The zero-order valence-corrected chi connectivity index (χ0v) is 13.3. The number of amides is 1. The minimum absolute atomic E-state index is 0.237. The number of likely N-dealkylation sites (tertiary alicyclic amines) is 1.